The lowest BCUT2D eigenvalue weighted by Crippen LogP contribution is -2.36. The van der Waals surface area contributed by atoms with Crippen molar-refractivity contribution < 1.29 is 13.9 Å². The van der Waals surface area contributed by atoms with E-state index in [1.54, 1.807) is 12.1 Å². The highest BCUT2D eigenvalue weighted by atomic mass is 35.5. The molecule has 0 N–H and O–H groups in total. The molecule has 1 saturated heterocycles. The summed E-state index contributed by atoms with van der Waals surface area (Å²) >= 11 is 0. The van der Waals surface area contributed by atoms with Crippen LogP contribution in [-0.2, 0) is 4.74 Å². The summed E-state index contributed by atoms with van der Waals surface area (Å²) in [6.45, 7) is 4.39. The number of hydrogen-bond donors (Lipinski definition) is 0. The number of halogens is 2. The molecule has 0 saturated carbocycles. The van der Waals surface area contributed by atoms with Crippen molar-refractivity contribution in [2.45, 2.75) is 12.8 Å². The molecule has 0 aromatic heterocycles. The van der Waals surface area contributed by atoms with Crippen molar-refractivity contribution in [2.75, 3.05) is 32.8 Å². The third-order valence-electron chi connectivity index (χ3n) is 3.15. The number of morpholine rings is 1. The van der Waals surface area contributed by atoms with Crippen LogP contribution in [0.5, 0.6) is 0 Å². The highest BCUT2D eigenvalue weighted by Crippen LogP contribution is 2.08. The summed E-state index contributed by atoms with van der Waals surface area (Å²) in [4.78, 5) is 14.1. The van der Waals surface area contributed by atoms with Gasteiger partial charge >= 0.3 is 0 Å². The van der Waals surface area contributed by atoms with E-state index < -0.39 is 0 Å². The Morgan fingerprint density at radius 3 is 2.47 bits per heavy atom. The van der Waals surface area contributed by atoms with E-state index in [2.05, 4.69) is 4.90 Å². The van der Waals surface area contributed by atoms with Gasteiger partial charge in [0, 0.05) is 25.1 Å². The molecule has 0 atom stereocenters. The number of rotatable bonds is 5. The fourth-order valence-corrected chi connectivity index (χ4v) is 2.07. The van der Waals surface area contributed by atoms with E-state index >= 15 is 0 Å². The summed E-state index contributed by atoms with van der Waals surface area (Å²) in [5.74, 6) is -0.219. The molecule has 2 rings (SSSR count). The number of carbonyl (C=O) groups is 1. The van der Waals surface area contributed by atoms with Gasteiger partial charge < -0.3 is 4.74 Å². The monoisotopic (exact) mass is 287 g/mol. The minimum Gasteiger partial charge on any atom is -0.379 e. The smallest absolute Gasteiger partial charge is 0.162 e. The highest BCUT2D eigenvalue weighted by molar-refractivity contribution is 5.95. The summed E-state index contributed by atoms with van der Waals surface area (Å²) in [7, 11) is 0. The van der Waals surface area contributed by atoms with Gasteiger partial charge in [-0.2, -0.15) is 0 Å². The molecule has 1 fully saturated rings. The van der Waals surface area contributed by atoms with Gasteiger partial charge in [0.05, 0.1) is 13.2 Å². The second-order valence-corrected chi connectivity index (χ2v) is 4.49. The van der Waals surface area contributed by atoms with Crippen LogP contribution in [0.15, 0.2) is 24.3 Å². The van der Waals surface area contributed by atoms with Crippen LogP contribution in [0.2, 0.25) is 0 Å². The second-order valence-electron chi connectivity index (χ2n) is 4.49. The van der Waals surface area contributed by atoms with Crippen molar-refractivity contribution in [3.05, 3.63) is 35.6 Å². The van der Waals surface area contributed by atoms with Crippen molar-refractivity contribution >= 4 is 18.2 Å². The van der Waals surface area contributed by atoms with Gasteiger partial charge in [0.1, 0.15) is 5.82 Å². The maximum absolute atomic E-state index is 12.7. The van der Waals surface area contributed by atoms with Gasteiger partial charge in [0.2, 0.25) is 0 Å². The lowest BCUT2D eigenvalue weighted by atomic mass is 10.1. The molecule has 0 unspecified atom stereocenters. The zero-order valence-corrected chi connectivity index (χ0v) is 11.6. The summed E-state index contributed by atoms with van der Waals surface area (Å²) < 4.78 is 18.0. The molecule has 1 heterocycles. The summed E-state index contributed by atoms with van der Waals surface area (Å²) in [5, 5.41) is 0. The van der Waals surface area contributed by atoms with Crippen LogP contribution in [0, 0.1) is 5.82 Å². The van der Waals surface area contributed by atoms with E-state index in [1.165, 1.54) is 12.1 Å². The van der Waals surface area contributed by atoms with Crippen molar-refractivity contribution in [2.24, 2.45) is 0 Å². The SMILES string of the molecule is Cl.O=C(CCCN1CCOCC1)c1ccc(F)cc1. The van der Waals surface area contributed by atoms with Crippen LogP contribution < -0.4 is 0 Å². The maximum atomic E-state index is 12.7. The molecule has 0 bridgehead atoms. The predicted octanol–water partition coefficient (Wildman–Crippen LogP) is 2.54. The molecular formula is C14H19ClFNO2. The van der Waals surface area contributed by atoms with Gasteiger partial charge in [-0.25, -0.2) is 4.39 Å². The molecule has 0 aliphatic carbocycles. The van der Waals surface area contributed by atoms with Crippen LogP contribution in [0.25, 0.3) is 0 Å². The first-order chi connectivity index (χ1) is 8.75. The Kier molecular flexibility index (Phi) is 6.99. The fourth-order valence-electron chi connectivity index (χ4n) is 2.07. The van der Waals surface area contributed by atoms with E-state index in [-0.39, 0.29) is 24.0 Å². The van der Waals surface area contributed by atoms with Crippen LogP contribution in [0.3, 0.4) is 0 Å². The van der Waals surface area contributed by atoms with Gasteiger partial charge in [-0.3, -0.25) is 9.69 Å². The zero-order chi connectivity index (χ0) is 12.8. The molecule has 0 amide bonds. The summed E-state index contributed by atoms with van der Waals surface area (Å²) in [5.41, 5.74) is 0.596. The molecule has 0 spiro atoms. The molecule has 0 radical (unpaired) electrons. The molecule has 3 nitrogen and oxygen atoms in total. The third-order valence-corrected chi connectivity index (χ3v) is 3.15. The average molecular weight is 288 g/mol. The van der Waals surface area contributed by atoms with Crippen molar-refractivity contribution in [3.63, 3.8) is 0 Å². The van der Waals surface area contributed by atoms with Gasteiger partial charge in [0.25, 0.3) is 0 Å². The summed E-state index contributed by atoms with van der Waals surface area (Å²) in [6.07, 6.45) is 1.36. The summed E-state index contributed by atoms with van der Waals surface area (Å²) in [6, 6.07) is 5.75. The van der Waals surface area contributed by atoms with Crippen LogP contribution in [0.1, 0.15) is 23.2 Å². The van der Waals surface area contributed by atoms with Gasteiger partial charge in [-0.1, -0.05) is 0 Å². The van der Waals surface area contributed by atoms with Gasteiger partial charge in [-0.05, 0) is 37.2 Å². The number of ketones is 1. The van der Waals surface area contributed by atoms with E-state index in [4.69, 9.17) is 4.74 Å². The van der Waals surface area contributed by atoms with Crippen LogP contribution in [-0.4, -0.2) is 43.5 Å². The van der Waals surface area contributed by atoms with E-state index in [0.29, 0.717) is 12.0 Å². The number of Topliss-reactive ketones (excluding diaryl/α,β-unsaturated/α-hetero) is 1. The Hall–Kier alpha value is -0.970. The van der Waals surface area contributed by atoms with Crippen LogP contribution in [0.4, 0.5) is 4.39 Å². The van der Waals surface area contributed by atoms with E-state index in [1.807, 2.05) is 0 Å². The maximum Gasteiger partial charge on any atom is 0.162 e. The Balaban J connectivity index is 0.00000180. The third kappa shape index (κ3) is 5.27. The Labute approximate surface area is 119 Å². The van der Waals surface area contributed by atoms with Crippen LogP contribution >= 0.6 is 12.4 Å². The number of nitrogens with zero attached hydrogens (tertiary/aromatic N) is 1. The standard InChI is InChI=1S/C14H18FNO2.ClH/c15-13-5-3-12(4-6-13)14(17)2-1-7-16-8-10-18-11-9-16;/h3-6H,1-2,7-11H2;1H. The predicted molar refractivity (Wildman–Crippen MR) is 74.5 cm³/mol. The Morgan fingerprint density at radius 2 is 1.84 bits per heavy atom. The molecule has 1 aromatic carbocycles. The van der Waals surface area contributed by atoms with E-state index in [9.17, 15) is 9.18 Å². The van der Waals surface area contributed by atoms with Gasteiger partial charge in [0.15, 0.2) is 5.78 Å². The molecule has 1 aliphatic rings. The van der Waals surface area contributed by atoms with Crippen molar-refractivity contribution in [3.8, 4) is 0 Å². The molecule has 19 heavy (non-hydrogen) atoms. The molecular weight excluding hydrogens is 269 g/mol. The Morgan fingerprint density at radius 1 is 1.21 bits per heavy atom. The lowest BCUT2D eigenvalue weighted by Gasteiger charge is -2.26. The topological polar surface area (TPSA) is 29.5 Å². The normalized spacial score (nSPS) is 15.8. The largest absolute Gasteiger partial charge is 0.379 e. The first-order valence-corrected chi connectivity index (χ1v) is 6.34. The minimum absolute atomic E-state index is 0. The average Bonchev–Trinajstić information content (AvgIpc) is 2.40. The minimum atomic E-state index is -0.306. The van der Waals surface area contributed by atoms with Gasteiger partial charge in [-0.15, -0.1) is 12.4 Å². The fraction of sp³-hybridized carbons (Fsp3) is 0.500. The van der Waals surface area contributed by atoms with Crippen molar-refractivity contribution in [1.82, 2.24) is 4.90 Å². The zero-order valence-electron chi connectivity index (χ0n) is 10.8. The number of benzene rings is 1. The number of carbonyl (C=O) groups excluding carboxylic acids is 1. The van der Waals surface area contributed by atoms with Crippen molar-refractivity contribution in [1.29, 1.82) is 0 Å². The first-order valence-electron chi connectivity index (χ1n) is 6.34. The first kappa shape index (κ1) is 16.1. The molecule has 106 valence electrons. The second kappa shape index (κ2) is 8.25. The lowest BCUT2D eigenvalue weighted by molar-refractivity contribution is 0.0371. The Bertz CT molecular complexity index is 391. The number of ether oxygens (including phenoxy) is 1. The molecule has 5 heteroatoms. The van der Waals surface area contributed by atoms with E-state index in [0.717, 1.165) is 39.3 Å². The molecule has 1 aromatic rings. The number of hydrogen-bond acceptors (Lipinski definition) is 3. The molecule has 1 aliphatic heterocycles. The highest BCUT2D eigenvalue weighted by Gasteiger charge is 2.11. The quantitative estimate of drug-likeness (QED) is 0.780.